The first-order valence-electron chi connectivity index (χ1n) is 4.42. The standard InChI is InChI=1S/C10H12ClNO/c11-8-4-3-7(5-9(8)13)10(12)6-1-2-6/h3-6,10,13H,1-2,12H2/t10-/m0/s1. The van der Waals surface area contributed by atoms with Crippen LogP contribution in [0.2, 0.25) is 5.02 Å². The molecule has 1 aliphatic carbocycles. The van der Waals surface area contributed by atoms with E-state index in [0.717, 1.165) is 5.56 Å². The quantitative estimate of drug-likeness (QED) is 0.765. The van der Waals surface area contributed by atoms with Crippen LogP contribution in [-0.4, -0.2) is 5.11 Å². The highest BCUT2D eigenvalue weighted by molar-refractivity contribution is 6.32. The first-order chi connectivity index (χ1) is 6.18. The van der Waals surface area contributed by atoms with Crippen LogP contribution in [-0.2, 0) is 0 Å². The van der Waals surface area contributed by atoms with Crippen molar-refractivity contribution >= 4 is 11.6 Å². The third kappa shape index (κ3) is 1.79. The Hall–Kier alpha value is -0.730. The molecule has 0 aliphatic heterocycles. The lowest BCUT2D eigenvalue weighted by Crippen LogP contribution is -2.11. The molecule has 0 saturated heterocycles. The lowest BCUT2D eigenvalue weighted by molar-refractivity contribution is 0.473. The van der Waals surface area contributed by atoms with Gasteiger partial charge >= 0.3 is 0 Å². The minimum atomic E-state index is 0.0585. The molecule has 3 N–H and O–H groups in total. The van der Waals surface area contributed by atoms with E-state index < -0.39 is 0 Å². The molecule has 0 bridgehead atoms. The number of halogens is 1. The van der Waals surface area contributed by atoms with Crippen molar-refractivity contribution in [1.29, 1.82) is 0 Å². The molecule has 0 unspecified atom stereocenters. The van der Waals surface area contributed by atoms with Crippen molar-refractivity contribution in [3.8, 4) is 5.75 Å². The van der Waals surface area contributed by atoms with Crippen molar-refractivity contribution in [2.24, 2.45) is 11.7 Å². The van der Waals surface area contributed by atoms with E-state index in [1.54, 1.807) is 12.1 Å². The highest BCUT2D eigenvalue weighted by atomic mass is 35.5. The van der Waals surface area contributed by atoms with Crippen LogP contribution in [0.15, 0.2) is 18.2 Å². The molecule has 1 fully saturated rings. The van der Waals surface area contributed by atoms with Gasteiger partial charge in [-0.15, -0.1) is 0 Å². The van der Waals surface area contributed by atoms with Gasteiger partial charge in [-0.1, -0.05) is 17.7 Å². The third-order valence-corrected chi connectivity index (χ3v) is 2.80. The monoisotopic (exact) mass is 197 g/mol. The zero-order valence-electron chi connectivity index (χ0n) is 7.20. The van der Waals surface area contributed by atoms with E-state index in [-0.39, 0.29) is 11.8 Å². The molecule has 70 valence electrons. The molecule has 1 saturated carbocycles. The van der Waals surface area contributed by atoms with Gasteiger partial charge in [-0.25, -0.2) is 0 Å². The van der Waals surface area contributed by atoms with Crippen LogP contribution < -0.4 is 5.73 Å². The van der Waals surface area contributed by atoms with E-state index in [1.807, 2.05) is 6.07 Å². The van der Waals surface area contributed by atoms with Crippen LogP contribution in [0, 0.1) is 5.92 Å². The van der Waals surface area contributed by atoms with Crippen molar-refractivity contribution < 1.29 is 5.11 Å². The topological polar surface area (TPSA) is 46.2 Å². The summed E-state index contributed by atoms with van der Waals surface area (Å²) in [6, 6.07) is 5.29. The minimum Gasteiger partial charge on any atom is -0.506 e. The normalized spacial score (nSPS) is 18.6. The fraction of sp³-hybridized carbons (Fsp3) is 0.400. The first kappa shape index (κ1) is 8.85. The summed E-state index contributed by atoms with van der Waals surface area (Å²) in [5.74, 6) is 0.718. The highest BCUT2D eigenvalue weighted by Gasteiger charge is 2.29. The molecule has 1 aliphatic rings. The fourth-order valence-corrected chi connectivity index (χ4v) is 1.58. The number of hydrogen-bond acceptors (Lipinski definition) is 2. The van der Waals surface area contributed by atoms with E-state index >= 15 is 0 Å². The van der Waals surface area contributed by atoms with Crippen LogP contribution in [0.3, 0.4) is 0 Å². The second-order valence-electron chi connectivity index (χ2n) is 3.57. The number of phenolic OH excluding ortho intramolecular Hbond substituents is 1. The average molecular weight is 198 g/mol. The second kappa shape index (κ2) is 3.20. The molecule has 0 amide bonds. The fourth-order valence-electron chi connectivity index (χ4n) is 1.46. The average Bonchev–Trinajstić information content (AvgIpc) is 2.91. The van der Waals surface area contributed by atoms with E-state index in [9.17, 15) is 5.11 Å². The summed E-state index contributed by atoms with van der Waals surface area (Å²) in [4.78, 5) is 0. The van der Waals surface area contributed by atoms with E-state index in [4.69, 9.17) is 17.3 Å². The van der Waals surface area contributed by atoms with Gasteiger partial charge in [0.1, 0.15) is 5.75 Å². The molecule has 0 heterocycles. The van der Waals surface area contributed by atoms with E-state index in [1.165, 1.54) is 12.8 Å². The van der Waals surface area contributed by atoms with Gasteiger partial charge in [-0.2, -0.15) is 0 Å². The van der Waals surface area contributed by atoms with Gasteiger partial charge in [0.25, 0.3) is 0 Å². The van der Waals surface area contributed by atoms with Crippen molar-refractivity contribution in [2.45, 2.75) is 18.9 Å². The Labute approximate surface area is 82.3 Å². The number of phenols is 1. The molecule has 0 spiro atoms. The summed E-state index contributed by atoms with van der Waals surface area (Å²) in [6.07, 6.45) is 2.40. The van der Waals surface area contributed by atoms with Crippen LogP contribution in [0.4, 0.5) is 0 Å². The van der Waals surface area contributed by atoms with E-state index in [0.29, 0.717) is 10.9 Å². The molecule has 1 aromatic carbocycles. The lowest BCUT2D eigenvalue weighted by Gasteiger charge is -2.10. The molecule has 1 atom stereocenters. The molecule has 1 aromatic rings. The van der Waals surface area contributed by atoms with Gasteiger partial charge in [0, 0.05) is 6.04 Å². The van der Waals surface area contributed by atoms with Crippen LogP contribution in [0.5, 0.6) is 5.75 Å². The number of nitrogens with two attached hydrogens (primary N) is 1. The molecule has 2 nitrogen and oxygen atoms in total. The smallest absolute Gasteiger partial charge is 0.134 e. The molecule has 0 aromatic heterocycles. The first-order valence-corrected chi connectivity index (χ1v) is 4.80. The lowest BCUT2D eigenvalue weighted by atomic mass is 10.0. The Morgan fingerprint density at radius 2 is 2.15 bits per heavy atom. The molecule has 13 heavy (non-hydrogen) atoms. The summed E-state index contributed by atoms with van der Waals surface area (Å²) < 4.78 is 0. The molecular weight excluding hydrogens is 186 g/mol. The Morgan fingerprint density at radius 3 is 2.69 bits per heavy atom. The van der Waals surface area contributed by atoms with Gasteiger partial charge in [0.2, 0.25) is 0 Å². The van der Waals surface area contributed by atoms with Gasteiger partial charge in [0.15, 0.2) is 0 Å². The van der Waals surface area contributed by atoms with Crippen molar-refractivity contribution in [3.05, 3.63) is 28.8 Å². The predicted molar refractivity (Wildman–Crippen MR) is 52.8 cm³/mol. The summed E-state index contributed by atoms with van der Waals surface area (Å²) >= 11 is 5.69. The summed E-state index contributed by atoms with van der Waals surface area (Å²) in [6.45, 7) is 0. The molecule has 2 rings (SSSR count). The molecular formula is C10H12ClNO. The molecule has 0 radical (unpaired) electrons. The van der Waals surface area contributed by atoms with Crippen LogP contribution in [0.1, 0.15) is 24.4 Å². The van der Waals surface area contributed by atoms with Gasteiger partial charge in [-0.05, 0) is 36.5 Å². The number of aromatic hydroxyl groups is 1. The van der Waals surface area contributed by atoms with Crippen molar-refractivity contribution in [2.75, 3.05) is 0 Å². The molecule has 3 heteroatoms. The van der Waals surface area contributed by atoms with Gasteiger partial charge in [0.05, 0.1) is 5.02 Å². The largest absolute Gasteiger partial charge is 0.506 e. The predicted octanol–water partition coefficient (Wildman–Crippen LogP) is 2.46. The summed E-state index contributed by atoms with van der Waals surface area (Å²) in [7, 11) is 0. The van der Waals surface area contributed by atoms with Crippen LogP contribution >= 0.6 is 11.6 Å². The van der Waals surface area contributed by atoms with Crippen molar-refractivity contribution in [3.63, 3.8) is 0 Å². The second-order valence-corrected chi connectivity index (χ2v) is 3.98. The van der Waals surface area contributed by atoms with E-state index in [2.05, 4.69) is 0 Å². The third-order valence-electron chi connectivity index (χ3n) is 2.48. The zero-order chi connectivity index (χ0) is 9.42. The Morgan fingerprint density at radius 1 is 1.46 bits per heavy atom. The Bertz CT molecular complexity index is 323. The SMILES string of the molecule is N[C@H](c1ccc(Cl)c(O)c1)C1CC1. The summed E-state index contributed by atoms with van der Waals surface area (Å²) in [5.41, 5.74) is 6.94. The maximum atomic E-state index is 9.36. The zero-order valence-corrected chi connectivity index (χ0v) is 7.96. The maximum Gasteiger partial charge on any atom is 0.134 e. The van der Waals surface area contributed by atoms with Gasteiger partial charge < -0.3 is 10.8 Å². The number of rotatable bonds is 2. The van der Waals surface area contributed by atoms with Gasteiger partial charge in [-0.3, -0.25) is 0 Å². The minimum absolute atomic E-state index is 0.0585. The highest BCUT2D eigenvalue weighted by Crippen LogP contribution is 2.40. The van der Waals surface area contributed by atoms with Crippen LogP contribution in [0.25, 0.3) is 0 Å². The number of hydrogen-bond donors (Lipinski definition) is 2. The maximum absolute atomic E-state index is 9.36. The Kier molecular flexibility index (Phi) is 2.18. The Balaban J connectivity index is 2.24. The summed E-state index contributed by atoms with van der Waals surface area (Å²) in [5, 5.41) is 9.74. The van der Waals surface area contributed by atoms with Crippen molar-refractivity contribution in [1.82, 2.24) is 0 Å². The number of benzene rings is 1.